The van der Waals surface area contributed by atoms with E-state index in [-0.39, 0.29) is 11.3 Å². The average Bonchev–Trinajstić information content (AvgIpc) is 3.14. The molecule has 0 radical (unpaired) electrons. The van der Waals surface area contributed by atoms with E-state index in [2.05, 4.69) is 30.3 Å². The van der Waals surface area contributed by atoms with Gasteiger partial charge in [0.2, 0.25) is 5.82 Å². The number of rotatable bonds is 3. The number of hydrogen-bond donors (Lipinski definition) is 3. The minimum absolute atomic E-state index is 0.0224. The third-order valence-electron chi connectivity index (χ3n) is 4.97. The SMILES string of the molecule is CN(c1ccc(-c2nc3c[nH]nc3c(=O)n2O)nn1)[C@H]1CC[C@H](N)CC1. The van der Waals surface area contributed by atoms with Crippen LogP contribution in [-0.4, -0.2) is 54.4 Å². The van der Waals surface area contributed by atoms with Crippen LogP contribution in [0.4, 0.5) is 5.82 Å². The lowest BCUT2D eigenvalue weighted by Crippen LogP contribution is -2.39. The fourth-order valence-corrected chi connectivity index (χ4v) is 3.36. The first-order chi connectivity index (χ1) is 12.5. The molecule has 26 heavy (non-hydrogen) atoms. The molecule has 10 nitrogen and oxygen atoms in total. The Balaban J connectivity index is 1.62. The topological polar surface area (TPSA) is 139 Å². The maximum Gasteiger partial charge on any atom is 0.314 e. The van der Waals surface area contributed by atoms with Crippen molar-refractivity contribution >= 4 is 16.9 Å². The molecule has 0 aliphatic heterocycles. The van der Waals surface area contributed by atoms with Gasteiger partial charge in [0.05, 0.1) is 0 Å². The summed E-state index contributed by atoms with van der Waals surface area (Å²) >= 11 is 0. The second kappa shape index (κ2) is 6.37. The molecule has 1 saturated carbocycles. The van der Waals surface area contributed by atoms with Gasteiger partial charge in [-0.15, -0.1) is 14.9 Å². The lowest BCUT2D eigenvalue weighted by molar-refractivity contribution is 0.178. The van der Waals surface area contributed by atoms with Gasteiger partial charge in [-0.25, -0.2) is 4.98 Å². The van der Waals surface area contributed by atoms with Crippen molar-refractivity contribution in [1.29, 1.82) is 0 Å². The lowest BCUT2D eigenvalue weighted by atomic mass is 9.91. The monoisotopic (exact) mass is 356 g/mol. The molecule has 10 heteroatoms. The van der Waals surface area contributed by atoms with Gasteiger partial charge in [-0.1, -0.05) is 0 Å². The number of nitrogens with zero attached hydrogens (tertiary/aromatic N) is 6. The molecule has 4 N–H and O–H groups in total. The molecule has 0 saturated heterocycles. The molecule has 1 aliphatic carbocycles. The van der Waals surface area contributed by atoms with E-state index in [4.69, 9.17) is 5.73 Å². The molecule has 0 aromatic carbocycles. The van der Waals surface area contributed by atoms with Crippen molar-refractivity contribution < 1.29 is 5.21 Å². The first kappa shape index (κ1) is 16.5. The minimum atomic E-state index is -0.659. The van der Waals surface area contributed by atoms with Crippen molar-refractivity contribution in [2.75, 3.05) is 11.9 Å². The van der Waals surface area contributed by atoms with Gasteiger partial charge in [-0.05, 0) is 37.8 Å². The summed E-state index contributed by atoms with van der Waals surface area (Å²) in [6.07, 6.45) is 5.55. The fraction of sp³-hybridized carbons (Fsp3) is 0.438. The van der Waals surface area contributed by atoms with Gasteiger partial charge in [0.15, 0.2) is 11.3 Å². The van der Waals surface area contributed by atoms with Gasteiger partial charge in [0, 0.05) is 25.3 Å². The van der Waals surface area contributed by atoms with E-state index in [9.17, 15) is 10.0 Å². The third-order valence-corrected chi connectivity index (χ3v) is 4.97. The highest BCUT2D eigenvalue weighted by Crippen LogP contribution is 2.25. The molecule has 4 rings (SSSR count). The zero-order chi connectivity index (χ0) is 18.3. The van der Waals surface area contributed by atoms with Gasteiger partial charge in [-0.2, -0.15) is 5.10 Å². The van der Waals surface area contributed by atoms with E-state index in [1.54, 1.807) is 6.07 Å². The predicted octanol–water partition coefficient (Wildman–Crippen LogP) is 0.520. The van der Waals surface area contributed by atoms with Crippen molar-refractivity contribution in [3.8, 4) is 11.5 Å². The van der Waals surface area contributed by atoms with E-state index in [0.717, 1.165) is 31.5 Å². The summed E-state index contributed by atoms with van der Waals surface area (Å²) in [6.45, 7) is 0. The van der Waals surface area contributed by atoms with Crippen LogP contribution in [0, 0.1) is 0 Å². The van der Waals surface area contributed by atoms with Gasteiger partial charge in [0.25, 0.3) is 0 Å². The van der Waals surface area contributed by atoms with Crippen LogP contribution in [-0.2, 0) is 0 Å². The summed E-state index contributed by atoms with van der Waals surface area (Å²) in [4.78, 5) is 18.4. The number of fused-ring (bicyclic) bond motifs is 1. The predicted molar refractivity (Wildman–Crippen MR) is 95.0 cm³/mol. The molecule has 0 atom stereocenters. The number of aromatic nitrogens is 6. The van der Waals surface area contributed by atoms with Crippen molar-refractivity contribution in [2.24, 2.45) is 5.73 Å². The zero-order valence-electron chi connectivity index (χ0n) is 14.3. The normalized spacial score (nSPS) is 20.4. The highest BCUT2D eigenvalue weighted by molar-refractivity contribution is 5.74. The molecule has 1 fully saturated rings. The maximum absolute atomic E-state index is 12.1. The minimum Gasteiger partial charge on any atom is -0.423 e. The smallest absolute Gasteiger partial charge is 0.314 e. The Kier molecular flexibility index (Phi) is 4.03. The van der Waals surface area contributed by atoms with Crippen LogP contribution in [0.2, 0.25) is 0 Å². The van der Waals surface area contributed by atoms with Crippen molar-refractivity contribution in [3.63, 3.8) is 0 Å². The van der Waals surface area contributed by atoms with Gasteiger partial charge < -0.3 is 15.8 Å². The van der Waals surface area contributed by atoms with E-state index >= 15 is 0 Å². The van der Waals surface area contributed by atoms with Crippen molar-refractivity contribution in [2.45, 2.75) is 37.8 Å². The molecular weight excluding hydrogens is 336 g/mol. The van der Waals surface area contributed by atoms with E-state index in [0.29, 0.717) is 28.0 Å². The van der Waals surface area contributed by atoms with Crippen LogP contribution < -0.4 is 16.2 Å². The van der Waals surface area contributed by atoms with Gasteiger partial charge in [0.1, 0.15) is 11.2 Å². The number of nitrogens with one attached hydrogen (secondary N) is 1. The highest BCUT2D eigenvalue weighted by atomic mass is 16.5. The maximum atomic E-state index is 12.1. The lowest BCUT2D eigenvalue weighted by Gasteiger charge is -2.33. The largest absolute Gasteiger partial charge is 0.423 e. The first-order valence-corrected chi connectivity index (χ1v) is 8.53. The number of aromatic amines is 1. The number of nitrogens with two attached hydrogens (primary N) is 1. The Bertz CT molecular complexity index is 972. The second-order valence-corrected chi connectivity index (χ2v) is 6.63. The quantitative estimate of drug-likeness (QED) is 0.577. The molecule has 3 heterocycles. The van der Waals surface area contributed by atoms with E-state index in [1.807, 2.05) is 13.1 Å². The molecule has 0 bridgehead atoms. The van der Waals surface area contributed by atoms with Crippen molar-refractivity contribution in [3.05, 3.63) is 28.7 Å². The van der Waals surface area contributed by atoms with Crippen LogP contribution in [0.25, 0.3) is 22.6 Å². The van der Waals surface area contributed by atoms with Crippen LogP contribution >= 0.6 is 0 Å². The molecule has 3 aromatic rings. The van der Waals surface area contributed by atoms with E-state index in [1.165, 1.54) is 6.20 Å². The van der Waals surface area contributed by atoms with Crippen LogP contribution in [0.15, 0.2) is 23.1 Å². The first-order valence-electron chi connectivity index (χ1n) is 8.53. The molecule has 0 amide bonds. The van der Waals surface area contributed by atoms with Crippen LogP contribution in [0.5, 0.6) is 0 Å². The summed E-state index contributed by atoms with van der Waals surface area (Å²) in [5.41, 5.74) is 6.03. The number of H-pyrrole nitrogens is 1. The molecule has 3 aromatic heterocycles. The van der Waals surface area contributed by atoms with Gasteiger partial charge in [-0.3, -0.25) is 9.89 Å². The Morgan fingerprint density at radius 2 is 2.04 bits per heavy atom. The summed E-state index contributed by atoms with van der Waals surface area (Å²) in [5, 5.41) is 24.8. The standard InChI is InChI=1S/C16H20N8O2/c1-23(10-4-2-9(17)3-5-10)13-7-6-11(20-21-13)15-19-12-8-18-22-14(12)16(25)24(15)26/h6-10,26H,2-5,17H2,1H3,(H,18,22)/t9-,10-. The summed E-state index contributed by atoms with van der Waals surface area (Å²) < 4.78 is 0.444. The molecular formula is C16H20N8O2. The Morgan fingerprint density at radius 1 is 1.27 bits per heavy atom. The fourth-order valence-electron chi connectivity index (χ4n) is 3.36. The van der Waals surface area contributed by atoms with Crippen LogP contribution in [0.1, 0.15) is 25.7 Å². The summed E-state index contributed by atoms with van der Waals surface area (Å²) in [7, 11) is 1.99. The Hall–Kier alpha value is -3.01. The van der Waals surface area contributed by atoms with Crippen molar-refractivity contribution in [1.82, 2.24) is 30.1 Å². The third kappa shape index (κ3) is 2.77. The van der Waals surface area contributed by atoms with E-state index < -0.39 is 5.56 Å². The van der Waals surface area contributed by atoms with Crippen LogP contribution in [0.3, 0.4) is 0 Å². The van der Waals surface area contributed by atoms with Gasteiger partial charge >= 0.3 is 5.56 Å². The molecule has 1 aliphatic rings. The number of hydrogen-bond acceptors (Lipinski definition) is 8. The second-order valence-electron chi connectivity index (χ2n) is 6.63. The molecule has 0 spiro atoms. The molecule has 0 unspecified atom stereocenters. The summed E-state index contributed by atoms with van der Waals surface area (Å²) in [5.74, 6) is 0.750. The number of anilines is 1. The Labute approximate surface area is 148 Å². The highest BCUT2D eigenvalue weighted by Gasteiger charge is 2.23. The summed E-state index contributed by atoms with van der Waals surface area (Å²) in [6, 6.07) is 4.17. The zero-order valence-corrected chi connectivity index (χ0v) is 14.3. The average molecular weight is 356 g/mol. The molecule has 136 valence electrons. The Morgan fingerprint density at radius 3 is 2.73 bits per heavy atom.